The van der Waals surface area contributed by atoms with Gasteiger partial charge in [0.1, 0.15) is 6.17 Å². The van der Waals surface area contributed by atoms with E-state index in [1.807, 2.05) is 23.6 Å². The van der Waals surface area contributed by atoms with E-state index in [1.54, 1.807) is 18.3 Å². The van der Waals surface area contributed by atoms with Crippen LogP contribution in [0.5, 0.6) is 0 Å². The van der Waals surface area contributed by atoms with E-state index in [9.17, 15) is 4.39 Å². The molecule has 13 heavy (non-hydrogen) atoms. The lowest BCUT2D eigenvalue weighted by Gasteiger charge is -1.98. The molecule has 68 valence electrons. The number of fused-ring (bicyclic) bond motifs is 1. The number of halogens is 2. The van der Waals surface area contributed by atoms with Crippen molar-refractivity contribution < 1.29 is 4.39 Å². The van der Waals surface area contributed by atoms with Crippen molar-refractivity contribution in [2.75, 3.05) is 0 Å². The first-order valence-electron chi connectivity index (χ1n) is 3.99. The molecule has 0 nitrogen and oxygen atoms in total. The molecule has 0 amide bonds. The Balaban J connectivity index is 2.69. The average molecular weight is 259 g/mol. The highest BCUT2D eigenvalue weighted by molar-refractivity contribution is 9.10. The third-order valence-electron chi connectivity index (χ3n) is 2.00. The van der Waals surface area contributed by atoms with Crippen LogP contribution in [0.15, 0.2) is 28.1 Å². The van der Waals surface area contributed by atoms with Gasteiger partial charge in [0.2, 0.25) is 0 Å². The van der Waals surface area contributed by atoms with Crippen molar-refractivity contribution in [2.24, 2.45) is 0 Å². The molecule has 1 heterocycles. The van der Waals surface area contributed by atoms with Crippen LogP contribution in [-0.4, -0.2) is 0 Å². The molecule has 1 atom stereocenters. The molecule has 0 aliphatic rings. The van der Waals surface area contributed by atoms with E-state index < -0.39 is 6.17 Å². The van der Waals surface area contributed by atoms with Crippen LogP contribution in [0.4, 0.5) is 4.39 Å². The minimum absolute atomic E-state index is 0.799. The molecule has 3 heteroatoms. The SMILES string of the molecule is CC(F)c1csc2cc(Br)ccc12. The van der Waals surface area contributed by atoms with Crippen LogP contribution in [0.2, 0.25) is 0 Å². The van der Waals surface area contributed by atoms with Crippen LogP contribution >= 0.6 is 27.3 Å². The van der Waals surface area contributed by atoms with E-state index in [1.165, 1.54) is 0 Å². The van der Waals surface area contributed by atoms with Gasteiger partial charge in [-0.3, -0.25) is 0 Å². The highest BCUT2D eigenvalue weighted by atomic mass is 79.9. The molecular formula is C10H8BrFS. The minimum Gasteiger partial charge on any atom is -0.243 e. The second-order valence-corrected chi connectivity index (χ2v) is 4.77. The normalized spacial score (nSPS) is 13.5. The Morgan fingerprint density at radius 1 is 1.46 bits per heavy atom. The van der Waals surface area contributed by atoms with Crippen LogP contribution in [-0.2, 0) is 0 Å². The Hall–Kier alpha value is -0.410. The molecule has 1 aromatic carbocycles. The predicted octanol–water partition coefficient (Wildman–Crippen LogP) is 4.69. The first-order chi connectivity index (χ1) is 6.18. The van der Waals surface area contributed by atoms with E-state index in [2.05, 4.69) is 15.9 Å². The highest BCUT2D eigenvalue weighted by Crippen LogP contribution is 2.33. The van der Waals surface area contributed by atoms with Gasteiger partial charge in [0.25, 0.3) is 0 Å². The lowest BCUT2D eigenvalue weighted by Crippen LogP contribution is -1.81. The Kier molecular flexibility index (Phi) is 2.39. The van der Waals surface area contributed by atoms with Crippen molar-refractivity contribution in [3.05, 3.63) is 33.6 Å². The Morgan fingerprint density at radius 2 is 2.23 bits per heavy atom. The first kappa shape index (κ1) is 9.16. The zero-order chi connectivity index (χ0) is 9.42. The van der Waals surface area contributed by atoms with Gasteiger partial charge in [0.05, 0.1) is 0 Å². The van der Waals surface area contributed by atoms with Gasteiger partial charge < -0.3 is 0 Å². The minimum atomic E-state index is -0.880. The molecule has 1 aromatic heterocycles. The van der Waals surface area contributed by atoms with E-state index in [-0.39, 0.29) is 0 Å². The predicted molar refractivity (Wildman–Crippen MR) is 59.0 cm³/mol. The maximum absolute atomic E-state index is 13.1. The van der Waals surface area contributed by atoms with Gasteiger partial charge in [-0.15, -0.1) is 11.3 Å². The second-order valence-electron chi connectivity index (χ2n) is 2.95. The maximum atomic E-state index is 13.1. The monoisotopic (exact) mass is 258 g/mol. The Morgan fingerprint density at radius 3 is 2.92 bits per heavy atom. The third-order valence-corrected chi connectivity index (χ3v) is 3.45. The fourth-order valence-corrected chi connectivity index (χ4v) is 2.92. The molecule has 1 unspecified atom stereocenters. The topological polar surface area (TPSA) is 0 Å². The van der Waals surface area contributed by atoms with E-state index in [4.69, 9.17) is 0 Å². The smallest absolute Gasteiger partial charge is 0.124 e. The largest absolute Gasteiger partial charge is 0.243 e. The lowest BCUT2D eigenvalue weighted by molar-refractivity contribution is 0.377. The standard InChI is InChI=1S/C10H8BrFS/c1-6(12)9-5-13-10-4-7(11)2-3-8(9)10/h2-6H,1H3. The van der Waals surface area contributed by atoms with Crippen LogP contribution in [0.3, 0.4) is 0 Å². The quantitative estimate of drug-likeness (QED) is 0.696. The van der Waals surface area contributed by atoms with Gasteiger partial charge in [0.15, 0.2) is 0 Å². The number of thiophene rings is 1. The van der Waals surface area contributed by atoms with Crippen LogP contribution < -0.4 is 0 Å². The van der Waals surface area contributed by atoms with Gasteiger partial charge in [-0.2, -0.15) is 0 Å². The van der Waals surface area contributed by atoms with Crippen LogP contribution in [0.25, 0.3) is 10.1 Å². The maximum Gasteiger partial charge on any atom is 0.124 e. The van der Waals surface area contributed by atoms with Gasteiger partial charge in [0, 0.05) is 14.7 Å². The van der Waals surface area contributed by atoms with Gasteiger partial charge in [-0.25, -0.2) is 4.39 Å². The molecule has 0 fully saturated rings. The average Bonchev–Trinajstić information content (AvgIpc) is 2.46. The fraction of sp³-hybridized carbons (Fsp3) is 0.200. The Bertz CT molecular complexity index is 433. The van der Waals surface area contributed by atoms with Crippen LogP contribution in [0.1, 0.15) is 18.7 Å². The summed E-state index contributed by atoms with van der Waals surface area (Å²) >= 11 is 4.98. The molecular weight excluding hydrogens is 251 g/mol. The molecule has 0 bridgehead atoms. The molecule has 2 rings (SSSR count). The number of alkyl halides is 1. The Labute approximate surface area is 88.5 Å². The van der Waals surface area contributed by atoms with Crippen molar-refractivity contribution in [3.8, 4) is 0 Å². The van der Waals surface area contributed by atoms with Crippen molar-refractivity contribution in [1.82, 2.24) is 0 Å². The summed E-state index contributed by atoms with van der Waals surface area (Å²) in [4.78, 5) is 0. The summed E-state index contributed by atoms with van der Waals surface area (Å²) < 4.78 is 15.3. The van der Waals surface area contributed by atoms with E-state index >= 15 is 0 Å². The molecule has 0 radical (unpaired) electrons. The van der Waals surface area contributed by atoms with Crippen molar-refractivity contribution in [1.29, 1.82) is 0 Å². The summed E-state index contributed by atoms with van der Waals surface area (Å²) in [6, 6.07) is 5.92. The summed E-state index contributed by atoms with van der Waals surface area (Å²) in [6.07, 6.45) is -0.880. The number of rotatable bonds is 1. The van der Waals surface area contributed by atoms with Crippen LogP contribution in [0, 0.1) is 0 Å². The summed E-state index contributed by atoms with van der Waals surface area (Å²) in [5.74, 6) is 0. The molecule has 0 aliphatic heterocycles. The summed E-state index contributed by atoms with van der Waals surface area (Å²) in [6.45, 7) is 1.57. The molecule has 0 saturated heterocycles. The van der Waals surface area contributed by atoms with Gasteiger partial charge in [-0.05, 0) is 29.8 Å². The molecule has 0 spiro atoms. The van der Waals surface area contributed by atoms with Gasteiger partial charge >= 0.3 is 0 Å². The number of hydrogen-bond donors (Lipinski definition) is 0. The number of hydrogen-bond acceptors (Lipinski definition) is 1. The highest BCUT2D eigenvalue weighted by Gasteiger charge is 2.09. The van der Waals surface area contributed by atoms with Crippen molar-refractivity contribution in [2.45, 2.75) is 13.1 Å². The molecule has 0 saturated carbocycles. The molecule has 0 aliphatic carbocycles. The van der Waals surface area contributed by atoms with Crippen molar-refractivity contribution >= 4 is 37.4 Å². The van der Waals surface area contributed by atoms with E-state index in [0.717, 1.165) is 20.1 Å². The zero-order valence-electron chi connectivity index (χ0n) is 7.05. The molecule has 2 aromatic rings. The third kappa shape index (κ3) is 1.63. The van der Waals surface area contributed by atoms with E-state index in [0.29, 0.717) is 0 Å². The zero-order valence-corrected chi connectivity index (χ0v) is 9.45. The summed E-state index contributed by atoms with van der Waals surface area (Å²) in [5.41, 5.74) is 0.799. The molecule has 0 N–H and O–H groups in total. The second kappa shape index (κ2) is 3.39. The summed E-state index contributed by atoms with van der Waals surface area (Å²) in [5, 5.41) is 2.92. The van der Waals surface area contributed by atoms with Crippen molar-refractivity contribution in [3.63, 3.8) is 0 Å². The first-order valence-corrected chi connectivity index (χ1v) is 5.66. The summed E-state index contributed by atoms with van der Waals surface area (Å²) in [7, 11) is 0. The lowest BCUT2D eigenvalue weighted by atomic mass is 10.1. The number of benzene rings is 1. The van der Waals surface area contributed by atoms with Gasteiger partial charge in [-0.1, -0.05) is 22.0 Å². The fourth-order valence-electron chi connectivity index (χ4n) is 1.33.